The molecule has 1 fully saturated rings. The zero-order chi connectivity index (χ0) is 16.6. The Morgan fingerprint density at radius 2 is 2.13 bits per heavy atom. The van der Waals surface area contributed by atoms with Crippen LogP contribution in [0.3, 0.4) is 0 Å². The fraction of sp³-hybridized carbons (Fsp3) is 0.643. The van der Waals surface area contributed by atoms with E-state index < -0.39 is 11.1 Å². The third-order valence-corrected chi connectivity index (χ3v) is 5.06. The molecule has 5 nitrogen and oxygen atoms in total. The first-order valence-electron chi connectivity index (χ1n) is 7.49. The maximum Gasteiger partial charge on any atom is 0.427 e. The normalized spacial score (nSPS) is 19.3. The van der Waals surface area contributed by atoms with E-state index in [4.69, 9.17) is 0 Å². The zero-order valence-corrected chi connectivity index (χ0v) is 13.8. The highest BCUT2D eigenvalue weighted by Crippen LogP contribution is 2.37. The van der Waals surface area contributed by atoms with Crippen molar-refractivity contribution in [3.8, 4) is 0 Å². The standard InChI is InChI=1S/C14H18F3N5S/c1-9-19-10(2)22(20-9)8-11-4-3-5-21(7-11)13-18-6-12(23-13)14(15,16)17/h6,11H,3-5,7-8H2,1-2H3/t11-/m0/s1. The molecule has 0 aliphatic carbocycles. The molecule has 0 unspecified atom stereocenters. The maximum absolute atomic E-state index is 12.7. The molecule has 0 bridgehead atoms. The van der Waals surface area contributed by atoms with Crippen LogP contribution in [-0.2, 0) is 12.7 Å². The first kappa shape index (κ1) is 16.2. The highest BCUT2D eigenvalue weighted by atomic mass is 32.1. The Morgan fingerprint density at radius 3 is 2.74 bits per heavy atom. The second-order valence-corrected chi connectivity index (χ2v) is 6.86. The second-order valence-electron chi connectivity index (χ2n) is 5.85. The van der Waals surface area contributed by atoms with Crippen LogP contribution in [0.15, 0.2) is 6.20 Å². The molecular formula is C14H18F3N5S. The molecule has 2 aromatic heterocycles. The van der Waals surface area contributed by atoms with Crippen LogP contribution < -0.4 is 4.90 Å². The van der Waals surface area contributed by atoms with E-state index in [-0.39, 0.29) is 0 Å². The molecule has 0 amide bonds. The number of hydrogen-bond donors (Lipinski definition) is 0. The molecule has 0 radical (unpaired) electrons. The number of rotatable bonds is 3. The number of hydrogen-bond acceptors (Lipinski definition) is 5. The van der Waals surface area contributed by atoms with Crippen LogP contribution in [0.1, 0.15) is 29.4 Å². The van der Waals surface area contributed by atoms with Gasteiger partial charge in [0.25, 0.3) is 0 Å². The van der Waals surface area contributed by atoms with Crippen LogP contribution in [0.4, 0.5) is 18.3 Å². The third-order valence-electron chi connectivity index (χ3n) is 3.96. The van der Waals surface area contributed by atoms with Crippen LogP contribution in [0, 0.1) is 19.8 Å². The van der Waals surface area contributed by atoms with Crippen molar-refractivity contribution in [3.05, 3.63) is 22.7 Å². The summed E-state index contributed by atoms with van der Waals surface area (Å²) >= 11 is 0.717. The molecule has 0 saturated carbocycles. The van der Waals surface area contributed by atoms with Gasteiger partial charge in [0, 0.05) is 19.6 Å². The number of anilines is 1. The summed E-state index contributed by atoms with van der Waals surface area (Å²) in [5.41, 5.74) is 0. The Bertz CT molecular complexity index is 678. The van der Waals surface area contributed by atoms with Gasteiger partial charge in [-0.15, -0.1) is 0 Å². The van der Waals surface area contributed by atoms with E-state index >= 15 is 0 Å². The number of nitrogens with zero attached hydrogens (tertiary/aromatic N) is 5. The lowest BCUT2D eigenvalue weighted by atomic mass is 9.98. The Labute approximate surface area is 136 Å². The minimum absolute atomic E-state index is 0.335. The quantitative estimate of drug-likeness (QED) is 0.856. The van der Waals surface area contributed by atoms with Crippen molar-refractivity contribution < 1.29 is 13.2 Å². The van der Waals surface area contributed by atoms with Crippen LogP contribution in [0.25, 0.3) is 0 Å². The number of alkyl halides is 3. The molecule has 0 N–H and O–H groups in total. The second kappa shape index (κ2) is 6.10. The Kier molecular flexibility index (Phi) is 4.31. The lowest BCUT2D eigenvalue weighted by Gasteiger charge is -2.32. The van der Waals surface area contributed by atoms with Crippen LogP contribution in [0.2, 0.25) is 0 Å². The predicted molar refractivity (Wildman–Crippen MR) is 81.5 cm³/mol. The lowest BCUT2D eigenvalue weighted by Crippen LogP contribution is -2.37. The molecule has 2 aromatic rings. The van der Waals surface area contributed by atoms with Gasteiger partial charge in [-0.1, -0.05) is 11.3 Å². The van der Waals surface area contributed by atoms with Crippen LogP contribution in [0.5, 0.6) is 0 Å². The Morgan fingerprint density at radius 1 is 1.35 bits per heavy atom. The van der Waals surface area contributed by atoms with Crippen molar-refractivity contribution in [1.82, 2.24) is 19.7 Å². The van der Waals surface area contributed by atoms with Gasteiger partial charge < -0.3 is 4.90 Å². The molecule has 9 heteroatoms. The first-order chi connectivity index (χ1) is 10.8. The van der Waals surface area contributed by atoms with Gasteiger partial charge in [-0.2, -0.15) is 18.3 Å². The third kappa shape index (κ3) is 3.65. The SMILES string of the molecule is Cc1nc(C)n(C[C@H]2CCCN(c3ncc(C(F)(F)F)s3)C2)n1. The van der Waals surface area contributed by atoms with Crippen LogP contribution >= 0.6 is 11.3 Å². The number of thiazole rings is 1. The van der Waals surface area contributed by atoms with Crippen molar-refractivity contribution in [2.45, 2.75) is 39.4 Å². The molecule has 3 rings (SSSR count). The van der Waals surface area contributed by atoms with Gasteiger partial charge in [-0.25, -0.2) is 14.6 Å². The molecule has 1 aliphatic heterocycles. The monoisotopic (exact) mass is 345 g/mol. The van der Waals surface area contributed by atoms with E-state index in [1.165, 1.54) is 0 Å². The zero-order valence-electron chi connectivity index (χ0n) is 13.0. The molecule has 1 aliphatic rings. The number of aryl methyl sites for hydroxylation is 2. The maximum atomic E-state index is 12.7. The molecule has 1 saturated heterocycles. The average Bonchev–Trinajstić information content (AvgIpc) is 3.06. The Hall–Kier alpha value is -1.64. The molecule has 1 atom stereocenters. The van der Waals surface area contributed by atoms with Crippen molar-refractivity contribution in [2.75, 3.05) is 18.0 Å². The number of piperidine rings is 1. The summed E-state index contributed by atoms with van der Waals surface area (Å²) in [5.74, 6) is 1.94. The topological polar surface area (TPSA) is 46.8 Å². The summed E-state index contributed by atoms with van der Waals surface area (Å²) in [6.45, 7) is 5.95. The van der Waals surface area contributed by atoms with Crippen molar-refractivity contribution in [2.24, 2.45) is 5.92 Å². The van der Waals surface area contributed by atoms with E-state index in [9.17, 15) is 13.2 Å². The van der Waals surface area contributed by atoms with Gasteiger partial charge in [0.15, 0.2) is 5.13 Å². The van der Waals surface area contributed by atoms with E-state index in [1.54, 1.807) is 0 Å². The highest BCUT2D eigenvalue weighted by molar-refractivity contribution is 7.15. The molecule has 126 valence electrons. The molecule has 3 heterocycles. The first-order valence-corrected chi connectivity index (χ1v) is 8.30. The summed E-state index contributed by atoms with van der Waals surface area (Å²) in [6.07, 6.45) is -1.42. The fourth-order valence-electron chi connectivity index (χ4n) is 2.91. The molecule has 23 heavy (non-hydrogen) atoms. The van der Waals surface area contributed by atoms with Gasteiger partial charge in [-0.05, 0) is 32.6 Å². The van der Waals surface area contributed by atoms with E-state index in [2.05, 4.69) is 15.1 Å². The van der Waals surface area contributed by atoms with Crippen LogP contribution in [-0.4, -0.2) is 32.8 Å². The largest absolute Gasteiger partial charge is 0.427 e. The summed E-state index contributed by atoms with van der Waals surface area (Å²) in [7, 11) is 0. The van der Waals surface area contributed by atoms with Gasteiger partial charge in [-0.3, -0.25) is 0 Å². The van der Waals surface area contributed by atoms with Gasteiger partial charge in [0.05, 0.1) is 6.20 Å². The van der Waals surface area contributed by atoms with E-state index in [0.29, 0.717) is 28.9 Å². The summed E-state index contributed by atoms with van der Waals surface area (Å²) in [5, 5.41) is 4.82. The van der Waals surface area contributed by atoms with E-state index in [0.717, 1.165) is 43.8 Å². The van der Waals surface area contributed by atoms with Gasteiger partial charge >= 0.3 is 6.18 Å². The van der Waals surface area contributed by atoms with Crippen molar-refractivity contribution in [3.63, 3.8) is 0 Å². The average molecular weight is 345 g/mol. The molecule has 0 spiro atoms. The number of aromatic nitrogens is 4. The number of halogens is 3. The lowest BCUT2D eigenvalue weighted by molar-refractivity contribution is -0.134. The predicted octanol–water partition coefficient (Wildman–Crippen LogP) is 3.29. The Balaban J connectivity index is 1.68. The van der Waals surface area contributed by atoms with Crippen molar-refractivity contribution in [1.29, 1.82) is 0 Å². The summed E-state index contributed by atoms with van der Waals surface area (Å²) in [4.78, 5) is 9.56. The van der Waals surface area contributed by atoms with Crippen molar-refractivity contribution >= 4 is 16.5 Å². The minimum atomic E-state index is -4.32. The van der Waals surface area contributed by atoms with Gasteiger partial charge in [0.1, 0.15) is 16.5 Å². The summed E-state index contributed by atoms with van der Waals surface area (Å²) < 4.78 is 40.0. The molecular weight excluding hydrogens is 327 g/mol. The molecule has 0 aromatic carbocycles. The highest BCUT2D eigenvalue weighted by Gasteiger charge is 2.34. The van der Waals surface area contributed by atoms with E-state index in [1.807, 2.05) is 23.4 Å². The minimum Gasteiger partial charge on any atom is -0.348 e. The fourth-order valence-corrected chi connectivity index (χ4v) is 3.73. The smallest absolute Gasteiger partial charge is 0.348 e. The van der Waals surface area contributed by atoms with Gasteiger partial charge in [0.2, 0.25) is 0 Å². The summed E-state index contributed by atoms with van der Waals surface area (Å²) in [6, 6.07) is 0.